The van der Waals surface area contributed by atoms with Gasteiger partial charge in [0.2, 0.25) is 0 Å². The van der Waals surface area contributed by atoms with Crippen LogP contribution in [0.4, 0.5) is 5.69 Å². The molecular weight excluding hydrogens is 316 g/mol. The first-order valence-electron chi connectivity index (χ1n) is 6.09. The van der Waals surface area contributed by atoms with E-state index >= 15 is 0 Å². The minimum Gasteiger partial charge on any atom is -0.506 e. The molecule has 0 spiro atoms. The molecule has 0 heterocycles. The Morgan fingerprint density at radius 1 is 1.30 bits per heavy atom. The number of halogens is 1. The molecule has 0 aromatic heterocycles. The highest BCUT2D eigenvalue weighted by atomic mass is 79.9. The molecule has 2 rings (SSSR count). The van der Waals surface area contributed by atoms with Gasteiger partial charge < -0.3 is 5.11 Å². The molecular formula is C16H13BrN2O. The summed E-state index contributed by atoms with van der Waals surface area (Å²) in [5.41, 5.74) is 3.45. The van der Waals surface area contributed by atoms with E-state index in [1.807, 2.05) is 43.3 Å². The van der Waals surface area contributed by atoms with Crippen molar-refractivity contribution >= 4 is 27.8 Å². The Balaban J connectivity index is 2.23. The van der Waals surface area contributed by atoms with Crippen LogP contribution in [-0.4, -0.2) is 11.3 Å². The van der Waals surface area contributed by atoms with E-state index in [0.717, 1.165) is 16.8 Å². The lowest BCUT2D eigenvalue weighted by molar-refractivity contribution is 0.471. The number of aromatic hydroxyl groups is 1. The van der Waals surface area contributed by atoms with Gasteiger partial charge in [-0.05, 0) is 58.2 Å². The van der Waals surface area contributed by atoms with Crippen LogP contribution in [0.2, 0.25) is 0 Å². The highest BCUT2D eigenvalue weighted by Gasteiger charge is 2.04. The van der Waals surface area contributed by atoms with Crippen molar-refractivity contribution in [2.45, 2.75) is 13.3 Å². The molecule has 0 atom stereocenters. The van der Waals surface area contributed by atoms with Crippen LogP contribution in [0.25, 0.3) is 0 Å². The standard InChI is InChI=1S/C16H13BrN2O/c1-11-8-13(16(20)15(17)9-11)10-19-14-4-2-12(3-5-14)6-7-18/h2-5,8-10,20H,6H2,1H3. The molecule has 100 valence electrons. The summed E-state index contributed by atoms with van der Waals surface area (Å²) < 4.78 is 0.656. The van der Waals surface area contributed by atoms with Gasteiger partial charge in [0.1, 0.15) is 5.75 Å². The van der Waals surface area contributed by atoms with E-state index in [9.17, 15) is 5.11 Å². The van der Waals surface area contributed by atoms with Crippen molar-refractivity contribution < 1.29 is 5.11 Å². The second-order valence-corrected chi connectivity index (χ2v) is 5.30. The molecule has 0 unspecified atom stereocenters. The Kier molecular flexibility index (Phi) is 4.54. The number of nitriles is 1. The van der Waals surface area contributed by atoms with Crippen molar-refractivity contribution in [2.75, 3.05) is 0 Å². The quantitative estimate of drug-likeness (QED) is 0.855. The SMILES string of the molecule is Cc1cc(Br)c(O)c(C=Nc2ccc(CC#N)cc2)c1. The van der Waals surface area contributed by atoms with Crippen LogP contribution in [0, 0.1) is 18.3 Å². The monoisotopic (exact) mass is 328 g/mol. The van der Waals surface area contributed by atoms with Crippen LogP contribution >= 0.6 is 15.9 Å². The fourth-order valence-corrected chi connectivity index (χ4v) is 2.39. The third kappa shape index (κ3) is 3.46. The van der Waals surface area contributed by atoms with Gasteiger partial charge in [-0.1, -0.05) is 12.1 Å². The number of benzene rings is 2. The largest absolute Gasteiger partial charge is 0.506 e. The number of nitrogens with zero attached hydrogens (tertiary/aromatic N) is 2. The minimum atomic E-state index is 0.181. The number of phenols is 1. The average Bonchev–Trinajstić information content (AvgIpc) is 2.43. The summed E-state index contributed by atoms with van der Waals surface area (Å²) in [4.78, 5) is 4.33. The summed E-state index contributed by atoms with van der Waals surface area (Å²) in [7, 11) is 0. The Labute approximate surface area is 126 Å². The molecule has 0 aliphatic heterocycles. The number of rotatable bonds is 3. The predicted molar refractivity (Wildman–Crippen MR) is 83.6 cm³/mol. The van der Waals surface area contributed by atoms with Gasteiger partial charge in [-0.2, -0.15) is 5.26 Å². The summed E-state index contributed by atoms with van der Waals surface area (Å²) in [6, 6.07) is 13.3. The molecule has 20 heavy (non-hydrogen) atoms. The maximum atomic E-state index is 9.94. The van der Waals surface area contributed by atoms with E-state index in [1.165, 1.54) is 0 Å². The van der Waals surface area contributed by atoms with Crippen molar-refractivity contribution in [1.29, 1.82) is 5.26 Å². The van der Waals surface area contributed by atoms with E-state index < -0.39 is 0 Å². The normalized spacial score (nSPS) is 10.7. The van der Waals surface area contributed by atoms with E-state index in [-0.39, 0.29) is 5.75 Å². The number of hydrogen-bond donors (Lipinski definition) is 1. The van der Waals surface area contributed by atoms with Crippen LogP contribution in [0.15, 0.2) is 45.9 Å². The van der Waals surface area contributed by atoms with Crippen LogP contribution in [0.1, 0.15) is 16.7 Å². The first kappa shape index (κ1) is 14.3. The summed E-state index contributed by atoms with van der Waals surface area (Å²) in [6.07, 6.45) is 2.03. The predicted octanol–water partition coefficient (Wildman–Crippen LogP) is 4.28. The molecule has 0 saturated carbocycles. The van der Waals surface area contributed by atoms with Gasteiger partial charge in [-0.15, -0.1) is 0 Å². The smallest absolute Gasteiger partial charge is 0.138 e. The van der Waals surface area contributed by atoms with Gasteiger partial charge in [0.25, 0.3) is 0 Å². The third-order valence-electron chi connectivity index (χ3n) is 2.81. The van der Waals surface area contributed by atoms with Crippen LogP contribution in [0.3, 0.4) is 0 Å². The Morgan fingerprint density at radius 2 is 2.00 bits per heavy atom. The molecule has 0 amide bonds. The highest BCUT2D eigenvalue weighted by Crippen LogP contribution is 2.28. The van der Waals surface area contributed by atoms with Gasteiger partial charge in [-0.3, -0.25) is 4.99 Å². The van der Waals surface area contributed by atoms with E-state index in [4.69, 9.17) is 5.26 Å². The van der Waals surface area contributed by atoms with Crippen molar-refractivity contribution in [3.05, 3.63) is 57.6 Å². The zero-order chi connectivity index (χ0) is 14.5. The lowest BCUT2D eigenvalue weighted by Gasteiger charge is -2.03. The summed E-state index contributed by atoms with van der Waals surface area (Å²) in [5.74, 6) is 0.181. The van der Waals surface area contributed by atoms with Crippen LogP contribution in [0.5, 0.6) is 5.75 Å². The molecule has 0 radical (unpaired) electrons. The fourth-order valence-electron chi connectivity index (χ4n) is 1.80. The number of hydrogen-bond acceptors (Lipinski definition) is 3. The van der Waals surface area contributed by atoms with Crippen LogP contribution in [-0.2, 0) is 6.42 Å². The Morgan fingerprint density at radius 3 is 2.65 bits per heavy atom. The van der Waals surface area contributed by atoms with E-state index in [0.29, 0.717) is 16.5 Å². The average molecular weight is 329 g/mol. The highest BCUT2D eigenvalue weighted by molar-refractivity contribution is 9.10. The molecule has 0 aliphatic carbocycles. The maximum Gasteiger partial charge on any atom is 0.138 e. The number of phenolic OH excluding ortho intramolecular Hbond substituents is 1. The molecule has 2 aromatic rings. The number of aryl methyl sites for hydroxylation is 1. The molecule has 0 saturated heterocycles. The third-order valence-corrected chi connectivity index (χ3v) is 3.41. The maximum absolute atomic E-state index is 9.94. The van der Waals surface area contributed by atoms with Crippen molar-refractivity contribution in [3.63, 3.8) is 0 Å². The topological polar surface area (TPSA) is 56.4 Å². The summed E-state index contributed by atoms with van der Waals surface area (Å²) >= 11 is 3.31. The van der Waals surface area contributed by atoms with Crippen molar-refractivity contribution in [1.82, 2.24) is 0 Å². The zero-order valence-electron chi connectivity index (χ0n) is 11.0. The summed E-state index contributed by atoms with van der Waals surface area (Å²) in [5, 5.41) is 18.6. The number of aliphatic imine (C=N–C) groups is 1. The van der Waals surface area contributed by atoms with Gasteiger partial charge in [0.05, 0.1) is 22.7 Å². The van der Waals surface area contributed by atoms with Crippen molar-refractivity contribution in [3.8, 4) is 11.8 Å². The molecule has 0 fully saturated rings. The van der Waals surface area contributed by atoms with Gasteiger partial charge >= 0.3 is 0 Å². The second-order valence-electron chi connectivity index (χ2n) is 4.44. The Bertz CT molecular complexity index is 685. The molecule has 1 N–H and O–H groups in total. The first-order valence-corrected chi connectivity index (χ1v) is 6.88. The second kappa shape index (κ2) is 6.36. The molecule has 2 aromatic carbocycles. The Hall–Kier alpha value is -2.12. The minimum absolute atomic E-state index is 0.181. The summed E-state index contributed by atoms with van der Waals surface area (Å²) in [6.45, 7) is 1.96. The molecule has 0 bridgehead atoms. The zero-order valence-corrected chi connectivity index (χ0v) is 12.6. The van der Waals surface area contributed by atoms with Gasteiger partial charge in [0, 0.05) is 11.8 Å². The van der Waals surface area contributed by atoms with E-state index in [1.54, 1.807) is 6.21 Å². The van der Waals surface area contributed by atoms with Gasteiger partial charge in [-0.25, -0.2) is 0 Å². The van der Waals surface area contributed by atoms with E-state index in [2.05, 4.69) is 27.0 Å². The molecule has 4 heteroatoms. The van der Waals surface area contributed by atoms with Crippen LogP contribution < -0.4 is 0 Å². The van der Waals surface area contributed by atoms with Crippen molar-refractivity contribution in [2.24, 2.45) is 4.99 Å². The lowest BCUT2D eigenvalue weighted by Crippen LogP contribution is -1.86. The fraction of sp³-hybridized carbons (Fsp3) is 0.125. The first-order chi connectivity index (χ1) is 9.60. The lowest BCUT2D eigenvalue weighted by atomic mass is 10.1. The molecule has 0 aliphatic rings. The van der Waals surface area contributed by atoms with Gasteiger partial charge in [0.15, 0.2) is 0 Å². The molecule has 3 nitrogen and oxygen atoms in total.